The monoisotopic (exact) mass is 424 g/mol. The van der Waals surface area contributed by atoms with Gasteiger partial charge < -0.3 is 14.7 Å². The summed E-state index contributed by atoms with van der Waals surface area (Å²) in [6.45, 7) is 8.91. The summed E-state index contributed by atoms with van der Waals surface area (Å²) in [5.74, 6) is 0.323. The number of rotatable bonds is 4. The molecule has 1 atom stereocenters. The van der Waals surface area contributed by atoms with Crippen LogP contribution in [0, 0.1) is 0 Å². The normalized spacial score (nSPS) is 19.9. The number of carbonyl (C=O) groups excluding carboxylic acids is 2. The molecule has 1 fully saturated rings. The second-order valence-corrected chi connectivity index (χ2v) is 9.73. The molecular weight excluding hydrogens is 394 g/mol. The maximum absolute atomic E-state index is 13.2. The van der Waals surface area contributed by atoms with Gasteiger partial charge in [-0.3, -0.25) is 9.59 Å². The van der Waals surface area contributed by atoms with E-state index in [2.05, 4.69) is 30.0 Å². The molecule has 30 heavy (non-hydrogen) atoms. The molecule has 2 aliphatic rings. The lowest BCUT2D eigenvalue weighted by atomic mass is 10.1. The summed E-state index contributed by atoms with van der Waals surface area (Å²) >= 11 is 1.87. The Morgan fingerprint density at radius 1 is 1.03 bits per heavy atom. The number of Topliss-reactive ketones (excluding diaryl/α,β-unsaturated/α-hetero) is 1. The molecule has 0 spiro atoms. The van der Waals surface area contributed by atoms with Crippen molar-refractivity contribution in [1.29, 1.82) is 0 Å². The lowest BCUT2D eigenvalue weighted by Gasteiger charge is -2.34. The summed E-state index contributed by atoms with van der Waals surface area (Å²) in [6.07, 6.45) is 1.02. The molecule has 1 saturated heterocycles. The number of para-hydroxylation sites is 1. The van der Waals surface area contributed by atoms with Gasteiger partial charge in [0.25, 0.3) is 5.91 Å². The van der Waals surface area contributed by atoms with Crippen LogP contribution in [0.1, 0.15) is 30.6 Å². The van der Waals surface area contributed by atoms with E-state index in [4.69, 9.17) is 0 Å². The first kappa shape index (κ1) is 20.9. The summed E-state index contributed by atoms with van der Waals surface area (Å²) in [6, 6.07) is 16.1. The van der Waals surface area contributed by atoms with Crippen LogP contribution >= 0.6 is 11.8 Å². The van der Waals surface area contributed by atoms with Gasteiger partial charge in [-0.1, -0.05) is 19.1 Å². The summed E-state index contributed by atoms with van der Waals surface area (Å²) in [5, 5.41) is 0.522. The molecule has 2 aromatic carbocycles. The Kier molecular flexibility index (Phi) is 6.44. The molecule has 5 nitrogen and oxygen atoms in total. The number of fused-ring (bicyclic) bond motifs is 1. The molecule has 2 heterocycles. The second-order valence-electron chi connectivity index (χ2n) is 8.25. The highest BCUT2D eigenvalue weighted by Gasteiger charge is 2.28. The Morgan fingerprint density at radius 3 is 2.43 bits per heavy atom. The van der Waals surface area contributed by atoms with E-state index in [0.29, 0.717) is 11.8 Å². The fourth-order valence-electron chi connectivity index (χ4n) is 4.22. The molecule has 0 saturated carbocycles. The topological polar surface area (TPSA) is 45.1 Å². The van der Waals surface area contributed by atoms with Crippen molar-refractivity contribution in [2.75, 3.05) is 49.1 Å². The summed E-state index contributed by atoms with van der Waals surface area (Å²) in [4.78, 5) is 31.6. The standard InChI is InChI=1S/C24H29N3O2S/c1-18-11-12-27(22-5-3-4-6-23(22)30-18)24(29)17-25-13-15-26(16-14-25)21-9-7-20(8-10-21)19(2)28/h3-10,18H,11-17H2,1-2H3/p+1/t18-/m0/s1. The van der Waals surface area contributed by atoms with Gasteiger partial charge in [0.05, 0.1) is 31.9 Å². The highest BCUT2D eigenvalue weighted by molar-refractivity contribution is 8.00. The van der Waals surface area contributed by atoms with Gasteiger partial charge in [-0.2, -0.15) is 0 Å². The van der Waals surface area contributed by atoms with Crippen LogP contribution in [-0.4, -0.2) is 56.2 Å². The average Bonchev–Trinajstić information content (AvgIpc) is 2.92. The second kappa shape index (κ2) is 9.23. The van der Waals surface area contributed by atoms with Gasteiger partial charge in [0.2, 0.25) is 0 Å². The highest BCUT2D eigenvalue weighted by atomic mass is 32.2. The Bertz CT molecular complexity index is 907. The van der Waals surface area contributed by atoms with E-state index >= 15 is 0 Å². The lowest BCUT2D eigenvalue weighted by molar-refractivity contribution is -0.892. The van der Waals surface area contributed by atoms with Crippen LogP contribution in [0.4, 0.5) is 11.4 Å². The quantitative estimate of drug-likeness (QED) is 0.766. The Balaban J connectivity index is 1.36. The zero-order valence-electron chi connectivity index (χ0n) is 17.8. The molecule has 2 aromatic rings. The first-order valence-electron chi connectivity index (χ1n) is 10.8. The third-order valence-corrected chi connectivity index (χ3v) is 7.29. The minimum absolute atomic E-state index is 0.0946. The molecule has 6 heteroatoms. The van der Waals surface area contributed by atoms with Crippen molar-refractivity contribution in [3.05, 3.63) is 54.1 Å². The van der Waals surface area contributed by atoms with Crippen LogP contribution < -0.4 is 14.7 Å². The largest absolute Gasteiger partial charge is 0.360 e. The summed E-state index contributed by atoms with van der Waals surface area (Å²) in [5.41, 5.74) is 2.97. The lowest BCUT2D eigenvalue weighted by Crippen LogP contribution is -3.16. The van der Waals surface area contributed by atoms with Crippen molar-refractivity contribution in [1.82, 2.24) is 0 Å². The van der Waals surface area contributed by atoms with Gasteiger partial charge in [-0.25, -0.2) is 0 Å². The van der Waals surface area contributed by atoms with Crippen molar-refractivity contribution >= 4 is 34.8 Å². The molecule has 0 aromatic heterocycles. The van der Waals surface area contributed by atoms with Crippen LogP contribution in [0.5, 0.6) is 0 Å². The number of thioether (sulfide) groups is 1. The molecular formula is C24H30N3O2S+. The Morgan fingerprint density at radius 2 is 1.73 bits per heavy atom. The van der Waals surface area contributed by atoms with Gasteiger partial charge in [-0.05, 0) is 49.7 Å². The number of hydrogen-bond donors (Lipinski definition) is 1. The van der Waals surface area contributed by atoms with Crippen molar-refractivity contribution in [3.8, 4) is 0 Å². The van der Waals surface area contributed by atoms with E-state index in [9.17, 15) is 9.59 Å². The minimum Gasteiger partial charge on any atom is -0.360 e. The smallest absolute Gasteiger partial charge is 0.282 e. The van der Waals surface area contributed by atoms with Crippen molar-refractivity contribution < 1.29 is 14.5 Å². The van der Waals surface area contributed by atoms with Gasteiger partial charge in [0, 0.05) is 27.9 Å². The Labute approximate surface area is 183 Å². The molecule has 2 aliphatic heterocycles. The minimum atomic E-state index is 0.0946. The maximum atomic E-state index is 13.2. The van der Waals surface area contributed by atoms with E-state index in [0.717, 1.165) is 56.1 Å². The van der Waals surface area contributed by atoms with Crippen LogP contribution in [-0.2, 0) is 4.79 Å². The number of amides is 1. The van der Waals surface area contributed by atoms with Crippen LogP contribution in [0.25, 0.3) is 0 Å². The van der Waals surface area contributed by atoms with E-state index < -0.39 is 0 Å². The number of nitrogens with zero attached hydrogens (tertiary/aromatic N) is 2. The number of quaternary nitrogens is 1. The molecule has 0 unspecified atom stereocenters. The predicted molar refractivity (Wildman–Crippen MR) is 123 cm³/mol. The van der Waals surface area contributed by atoms with Gasteiger partial charge in [-0.15, -0.1) is 11.8 Å². The van der Waals surface area contributed by atoms with Gasteiger partial charge >= 0.3 is 0 Å². The zero-order chi connectivity index (χ0) is 21.1. The first-order valence-corrected chi connectivity index (χ1v) is 11.6. The number of carbonyl (C=O) groups is 2. The number of nitrogens with one attached hydrogen (secondary N) is 1. The molecule has 1 amide bonds. The summed E-state index contributed by atoms with van der Waals surface area (Å²) < 4.78 is 0. The van der Waals surface area contributed by atoms with Gasteiger partial charge in [0.1, 0.15) is 0 Å². The SMILES string of the molecule is CC(=O)c1ccc(N2CC[NH+](CC(=O)N3CC[C@H](C)Sc4ccccc43)CC2)cc1. The highest BCUT2D eigenvalue weighted by Crippen LogP contribution is 2.37. The number of anilines is 2. The number of ketones is 1. The average molecular weight is 425 g/mol. The third kappa shape index (κ3) is 4.71. The van der Waals surface area contributed by atoms with E-state index in [1.165, 1.54) is 9.80 Å². The fraction of sp³-hybridized carbons (Fsp3) is 0.417. The zero-order valence-corrected chi connectivity index (χ0v) is 18.6. The maximum Gasteiger partial charge on any atom is 0.282 e. The van der Waals surface area contributed by atoms with Gasteiger partial charge in [0.15, 0.2) is 12.3 Å². The van der Waals surface area contributed by atoms with Crippen molar-refractivity contribution in [2.45, 2.75) is 30.4 Å². The molecule has 0 radical (unpaired) electrons. The van der Waals surface area contributed by atoms with Crippen LogP contribution in [0.2, 0.25) is 0 Å². The Hall–Kier alpha value is -2.31. The van der Waals surface area contributed by atoms with E-state index in [-0.39, 0.29) is 11.7 Å². The van der Waals surface area contributed by atoms with Crippen molar-refractivity contribution in [3.63, 3.8) is 0 Å². The van der Waals surface area contributed by atoms with Crippen LogP contribution in [0.15, 0.2) is 53.4 Å². The number of benzene rings is 2. The molecule has 1 N–H and O–H groups in total. The predicted octanol–water partition coefficient (Wildman–Crippen LogP) is 2.51. The van der Waals surface area contributed by atoms with E-state index in [1.807, 2.05) is 47.0 Å². The van der Waals surface area contributed by atoms with Crippen LogP contribution in [0.3, 0.4) is 0 Å². The number of hydrogen-bond acceptors (Lipinski definition) is 4. The molecule has 0 bridgehead atoms. The summed E-state index contributed by atoms with van der Waals surface area (Å²) in [7, 11) is 0. The molecule has 4 rings (SSSR count). The molecule has 0 aliphatic carbocycles. The molecule has 158 valence electrons. The van der Waals surface area contributed by atoms with Crippen molar-refractivity contribution in [2.24, 2.45) is 0 Å². The fourth-order valence-corrected chi connectivity index (χ4v) is 5.33. The van der Waals surface area contributed by atoms with E-state index in [1.54, 1.807) is 6.92 Å². The number of piperazine rings is 1. The third-order valence-electron chi connectivity index (χ3n) is 6.06. The first-order chi connectivity index (χ1) is 14.5.